The molecule has 2 aromatic carbocycles. The number of nitrogens with one attached hydrogen (secondary N) is 1. The van der Waals surface area contributed by atoms with Gasteiger partial charge in [0, 0.05) is 6.54 Å². The zero-order valence-corrected chi connectivity index (χ0v) is 16.2. The molecule has 1 heterocycles. The number of ether oxygens (including phenoxy) is 1. The van der Waals surface area contributed by atoms with Crippen LogP contribution in [0, 0.1) is 0 Å². The molecule has 7 nitrogen and oxygen atoms in total. The van der Waals surface area contributed by atoms with Gasteiger partial charge in [-0.3, -0.25) is 14.6 Å². The van der Waals surface area contributed by atoms with Gasteiger partial charge in [0.05, 0.1) is 19.0 Å². The summed E-state index contributed by atoms with van der Waals surface area (Å²) < 4.78 is 26.5. The fourth-order valence-electron chi connectivity index (χ4n) is 3.33. The molecular formula is C19H23N2O5P. The number of carbonyl (C=O) groups is 1. The molecule has 144 valence electrons. The van der Waals surface area contributed by atoms with Crippen molar-refractivity contribution in [3.05, 3.63) is 59.7 Å². The summed E-state index contributed by atoms with van der Waals surface area (Å²) >= 11 is 0. The Morgan fingerprint density at radius 3 is 2.48 bits per heavy atom. The number of hydrogen-bond acceptors (Lipinski definition) is 5. The monoisotopic (exact) mass is 390 g/mol. The maximum atomic E-state index is 14.0. The fourth-order valence-corrected chi connectivity index (χ4v) is 5.69. The number of methoxy groups -OCH3 is 1. The molecule has 0 radical (unpaired) electrons. The number of hydroxylamine groups is 1. The molecule has 0 aromatic heterocycles. The average Bonchev–Trinajstić information content (AvgIpc) is 2.72. The molecule has 0 saturated carbocycles. The van der Waals surface area contributed by atoms with E-state index in [4.69, 9.17) is 9.26 Å². The summed E-state index contributed by atoms with van der Waals surface area (Å²) in [6.45, 7) is 2.25. The van der Waals surface area contributed by atoms with Crippen molar-refractivity contribution in [1.29, 1.82) is 0 Å². The van der Waals surface area contributed by atoms with Gasteiger partial charge in [-0.25, -0.2) is 10.2 Å². The van der Waals surface area contributed by atoms with Crippen LogP contribution in [-0.4, -0.2) is 35.5 Å². The molecule has 1 aliphatic heterocycles. The van der Waals surface area contributed by atoms with Crippen molar-refractivity contribution >= 4 is 18.7 Å². The summed E-state index contributed by atoms with van der Waals surface area (Å²) in [5.41, 5.74) is 3.67. The van der Waals surface area contributed by atoms with Crippen molar-refractivity contribution in [2.45, 2.75) is 25.9 Å². The minimum atomic E-state index is -3.55. The first-order chi connectivity index (χ1) is 13.0. The van der Waals surface area contributed by atoms with Gasteiger partial charge >= 0.3 is 7.52 Å². The molecule has 0 spiro atoms. The van der Waals surface area contributed by atoms with Gasteiger partial charge in [-0.15, -0.1) is 0 Å². The Morgan fingerprint density at radius 1 is 1.22 bits per heavy atom. The van der Waals surface area contributed by atoms with Crippen LogP contribution in [0.25, 0.3) is 0 Å². The Balaban J connectivity index is 2.07. The lowest BCUT2D eigenvalue weighted by molar-refractivity contribution is -0.133. The molecule has 1 amide bonds. The topological polar surface area (TPSA) is 88.1 Å². The Labute approximate surface area is 158 Å². The van der Waals surface area contributed by atoms with Gasteiger partial charge in [0.15, 0.2) is 0 Å². The molecule has 2 atom stereocenters. The molecule has 27 heavy (non-hydrogen) atoms. The molecule has 3 rings (SSSR count). The van der Waals surface area contributed by atoms with E-state index in [2.05, 4.69) is 0 Å². The van der Waals surface area contributed by atoms with E-state index in [0.29, 0.717) is 17.5 Å². The number of carbonyl (C=O) groups excluding carboxylic acids is 1. The molecule has 0 aliphatic carbocycles. The third-order valence-electron chi connectivity index (χ3n) is 4.68. The molecule has 0 saturated heterocycles. The van der Waals surface area contributed by atoms with Gasteiger partial charge in [-0.2, -0.15) is 0 Å². The molecule has 2 aromatic rings. The third-order valence-corrected chi connectivity index (χ3v) is 7.33. The molecular weight excluding hydrogens is 367 g/mol. The van der Waals surface area contributed by atoms with Crippen LogP contribution in [0.4, 0.5) is 0 Å². The highest BCUT2D eigenvalue weighted by Crippen LogP contribution is 2.53. The SMILES string of the molecule is CCO[P@@](=O)(c1ccc(OC)cc1)N1Cc2ccccc2C[C@@H]1C(=O)NO. The minimum Gasteiger partial charge on any atom is -0.497 e. The second-order valence-electron chi connectivity index (χ2n) is 6.20. The Hall–Kier alpha value is -2.18. The highest BCUT2D eigenvalue weighted by molar-refractivity contribution is 7.64. The second kappa shape index (κ2) is 8.23. The molecule has 0 bridgehead atoms. The quantitative estimate of drug-likeness (QED) is 0.448. The average molecular weight is 390 g/mol. The van der Waals surface area contributed by atoms with Crippen LogP contribution in [0.2, 0.25) is 0 Å². The zero-order chi connectivity index (χ0) is 19.4. The Morgan fingerprint density at radius 2 is 1.89 bits per heavy atom. The number of amides is 1. The molecule has 2 N–H and O–H groups in total. The summed E-state index contributed by atoms with van der Waals surface area (Å²) in [5.74, 6) is 0.0217. The summed E-state index contributed by atoms with van der Waals surface area (Å²) in [5, 5.41) is 9.69. The van der Waals surface area contributed by atoms with Crippen molar-refractivity contribution in [1.82, 2.24) is 10.2 Å². The van der Waals surface area contributed by atoms with Crippen molar-refractivity contribution < 1.29 is 23.8 Å². The number of benzene rings is 2. The predicted molar refractivity (Wildman–Crippen MR) is 101 cm³/mol. The van der Waals surface area contributed by atoms with Crippen LogP contribution >= 0.6 is 7.52 Å². The van der Waals surface area contributed by atoms with Crippen molar-refractivity contribution in [2.24, 2.45) is 0 Å². The lowest BCUT2D eigenvalue weighted by Crippen LogP contribution is -2.49. The van der Waals surface area contributed by atoms with Gasteiger partial charge in [0.2, 0.25) is 0 Å². The molecule has 1 aliphatic rings. The standard InChI is InChI=1S/C19H23N2O5P/c1-3-26-27(24,17-10-8-16(25-2)9-11-17)21-13-15-7-5-4-6-14(15)12-18(21)19(22)20-23/h4-11,18,23H,3,12-13H2,1-2H3,(H,20,22)/t18-,27+/m1/s1. The second-order valence-corrected chi connectivity index (χ2v) is 8.53. The number of hydrogen-bond donors (Lipinski definition) is 2. The van der Waals surface area contributed by atoms with Crippen molar-refractivity contribution in [3.63, 3.8) is 0 Å². The van der Waals surface area contributed by atoms with E-state index >= 15 is 0 Å². The zero-order valence-electron chi connectivity index (χ0n) is 15.3. The Kier molecular flexibility index (Phi) is 5.97. The van der Waals surface area contributed by atoms with Crippen LogP contribution in [0.1, 0.15) is 18.1 Å². The van der Waals surface area contributed by atoms with Crippen LogP contribution in [-0.2, 0) is 26.8 Å². The number of fused-ring (bicyclic) bond motifs is 1. The summed E-state index contributed by atoms with van der Waals surface area (Å²) in [6.07, 6.45) is 0.329. The largest absolute Gasteiger partial charge is 0.497 e. The maximum Gasteiger partial charge on any atom is 0.303 e. The first-order valence-corrected chi connectivity index (χ1v) is 10.3. The Bertz CT molecular complexity index is 855. The van der Waals surface area contributed by atoms with E-state index in [-0.39, 0.29) is 13.2 Å². The first kappa shape index (κ1) is 19.6. The first-order valence-electron chi connectivity index (χ1n) is 8.70. The van der Waals surface area contributed by atoms with E-state index < -0.39 is 19.5 Å². The van der Waals surface area contributed by atoms with Gasteiger partial charge in [-0.05, 0) is 48.7 Å². The van der Waals surface area contributed by atoms with Crippen LogP contribution < -0.4 is 15.5 Å². The third kappa shape index (κ3) is 3.77. The fraction of sp³-hybridized carbons (Fsp3) is 0.316. The van der Waals surface area contributed by atoms with Gasteiger partial charge in [0.25, 0.3) is 5.91 Å². The lowest BCUT2D eigenvalue weighted by atomic mass is 9.95. The molecule has 8 heteroatoms. The van der Waals surface area contributed by atoms with Crippen LogP contribution in [0.5, 0.6) is 5.75 Å². The van der Waals surface area contributed by atoms with E-state index in [1.54, 1.807) is 48.4 Å². The predicted octanol–water partition coefficient (Wildman–Crippen LogP) is 2.48. The maximum absolute atomic E-state index is 14.0. The van der Waals surface area contributed by atoms with Gasteiger partial charge < -0.3 is 9.26 Å². The van der Waals surface area contributed by atoms with Gasteiger partial charge in [-0.1, -0.05) is 24.3 Å². The number of rotatable bonds is 6. The van der Waals surface area contributed by atoms with Crippen molar-refractivity contribution in [2.75, 3.05) is 13.7 Å². The lowest BCUT2D eigenvalue weighted by Gasteiger charge is -2.39. The van der Waals surface area contributed by atoms with Crippen molar-refractivity contribution in [3.8, 4) is 5.75 Å². The minimum absolute atomic E-state index is 0.217. The highest BCUT2D eigenvalue weighted by Gasteiger charge is 2.44. The smallest absolute Gasteiger partial charge is 0.303 e. The molecule has 0 unspecified atom stereocenters. The van der Waals surface area contributed by atoms with Gasteiger partial charge in [0.1, 0.15) is 11.8 Å². The van der Waals surface area contributed by atoms with E-state index in [1.165, 1.54) is 0 Å². The summed E-state index contributed by atoms with van der Waals surface area (Å²) in [6, 6.07) is 13.6. The number of nitrogens with zero attached hydrogens (tertiary/aromatic N) is 1. The van der Waals surface area contributed by atoms with Crippen LogP contribution in [0.3, 0.4) is 0 Å². The summed E-state index contributed by atoms with van der Waals surface area (Å²) in [7, 11) is -1.99. The van der Waals surface area contributed by atoms with Crippen LogP contribution in [0.15, 0.2) is 48.5 Å². The van der Waals surface area contributed by atoms with E-state index in [9.17, 15) is 14.6 Å². The highest BCUT2D eigenvalue weighted by atomic mass is 31.2. The summed E-state index contributed by atoms with van der Waals surface area (Å²) in [4.78, 5) is 12.4. The molecule has 0 fully saturated rings. The van der Waals surface area contributed by atoms with E-state index in [0.717, 1.165) is 11.1 Å². The van der Waals surface area contributed by atoms with E-state index in [1.807, 2.05) is 24.3 Å². The normalized spacial score (nSPS) is 19.0.